The number of rotatable bonds is 6. The van der Waals surface area contributed by atoms with Crippen LogP contribution in [0.3, 0.4) is 0 Å². The highest BCUT2D eigenvalue weighted by Gasteiger charge is 2.18. The minimum absolute atomic E-state index is 0.433. The van der Waals surface area contributed by atoms with Crippen LogP contribution >= 0.6 is 11.6 Å². The van der Waals surface area contributed by atoms with Crippen LogP contribution in [0.1, 0.15) is 33.3 Å². The molecule has 0 aliphatic carbocycles. The van der Waals surface area contributed by atoms with E-state index in [0.29, 0.717) is 17.6 Å². The lowest BCUT2D eigenvalue weighted by atomic mass is 10.1. The van der Waals surface area contributed by atoms with Crippen molar-refractivity contribution in [1.82, 2.24) is 5.32 Å². The molecular weight excluding hydrogens is 260 g/mol. The highest BCUT2D eigenvalue weighted by molar-refractivity contribution is 6.30. The Bertz CT molecular complexity index is 413. The van der Waals surface area contributed by atoms with E-state index in [1.165, 1.54) is 5.56 Å². The Morgan fingerprint density at radius 2 is 2.00 bits per heavy atom. The molecule has 0 bridgehead atoms. The summed E-state index contributed by atoms with van der Waals surface area (Å²) < 4.78 is 0. The number of likely N-dealkylation sites (N-methyl/N-ethyl adjacent to an activating group) is 1. The normalized spacial score (nSPS) is 12.0. The van der Waals surface area contributed by atoms with E-state index in [0.717, 1.165) is 12.2 Å². The molecule has 19 heavy (non-hydrogen) atoms. The molecule has 2 N–H and O–H groups in total. The van der Waals surface area contributed by atoms with Crippen molar-refractivity contribution < 1.29 is 5.11 Å². The van der Waals surface area contributed by atoms with Crippen molar-refractivity contribution >= 4 is 17.3 Å². The van der Waals surface area contributed by atoms with Crippen molar-refractivity contribution in [2.24, 2.45) is 0 Å². The van der Waals surface area contributed by atoms with Gasteiger partial charge in [-0.2, -0.15) is 0 Å². The summed E-state index contributed by atoms with van der Waals surface area (Å²) in [7, 11) is 1.97. The zero-order valence-electron chi connectivity index (χ0n) is 12.5. The van der Waals surface area contributed by atoms with Gasteiger partial charge in [0.15, 0.2) is 0 Å². The van der Waals surface area contributed by atoms with Crippen molar-refractivity contribution in [2.45, 2.75) is 45.9 Å². The predicted octanol–water partition coefficient (Wildman–Crippen LogP) is 3.05. The Balaban J connectivity index is 2.93. The summed E-state index contributed by atoms with van der Waals surface area (Å²) in [6.45, 7) is 9.20. The maximum atomic E-state index is 9.94. The smallest absolute Gasteiger partial charge is 0.0765 e. The summed E-state index contributed by atoms with van der Waals surface area (Å²) in [6, 6.07) is 6.32. The standard InChI is InChI=1S/C15H25ClN2O/c1-11(2)17-9-12-6-7-13(16)8-14(12)18(5)10-15(3,4)19/h6-8,11,17,19H,9-10H2,1-5H3. The second-order valence-electron chi connectivity index (χ2n) is 5.98. The van der Waals surface area contributed by atoms with Crippen LogP contribution in [0.15, 0.2) is 18.2 Å². The maximum Gasteiger partial charge on any atom is 0.0765 e. The Labute approximate surface area is 121 Å². The molecule has 4 heteroatoms. The third kappa shape index (κ3) is 5.81. The summed E-state index contributed by atoms with van der Waals surface area (Å²) in [5.41, 5.74) is 1.51. The molecule has 1 aromatic rings. The number of hydrogen-bond donors (Lipinski definition) is 2. The molecule has 1 rings (SSSR count). The van der Waals surface area contributed by atoms with Gasteiger partial charge in [0.25, 0.3) is 0 Å². The van der Waals surface area contributed by atoms with E-state index in [9.17, 15) is 5.11 Å². The van der Waals surface area contributed by atoms with Gasteiger partial charge in [-0.3, -0.25) is 0 Å². The van der Waals surface area contributed by atoms with Gasteiger partial charge in [-0.15, -0.1) is 0 Å². The number of nitrogens with zero attached hydrogens (tertiary/aromatic N) is 1. The molecule has 0 radical (unpaired) electrons. The first-order valence-electron chi connectivity index (χ1n) is 6.64. The minimum Gasteiger partial charge on any atom is -0.389 e. The fourth-order valence-corrected chi connectivity index (χ4v) is 2.19. The first kappa shape index (κ1) is 16.3. The molecule has 3 nitrogen and oxygen atoms in total. The van der Waals surface area contributed by atoms with Crippen molar-refractivity contribution in [1.29, 1.82) is 0 Å². The Kier molecular flexibility index (Phi) is 5.65. The molecular formula is C15H25ClN2O. The number of nitrogens with one attached hydrogen (secondary N) is 1. The summed E-state index contributed by atoms with van der Waals surface area (Å²) in [5.74, 6) is 0. The molecule has 0 saturated carbocycles. The summed E-state index contributed by atoms with van der Waals surface area (Å²) in [5, 5.41) is 14.1. The minimum atomic E-state index is -0.736. The van der Waals surface area contributed by atoms with Crippen molar-refractivity contribution in [3.05, 3.63) is 28.8 Å². The molecule has 0 aliphatic heterocycles. The molecule has 108 valence electrons. The third-order valence-corrected chi connectivity index (χ3v) is 3.02. The molecule has 0 unspecified atom stereocenters. The van der Waals surface area contributed by atoms with E-state index < -0.39 is 5.60 Å². The van der Waals surface area contributed by atoms with E-state index in [2.05, 4.69) is 19.2 Å². The Morgan fingerprint density at radius 3 is 2.53 bits per heavy atom. The van der Waals surface area contributed by atoms with Crippen LogP contribution < -0.4 is 10.2 Å². The van der Waals surface area contributed by atoms with Gasteiger partial charge in [-0.25, -0.2) is 0 Å². The average Bonchev–Trinajstić information content (AvgIpc) is 2.24. The fourth-order valence-electron chi connectivity index (χ4n) is 2.02. The van der Waals surface area contributed by atoms with Gasteiger partial charge in [0.1, 0.15) is 0 Å². The van der Waals surface area contributed by atoms with Gasteiger partial charge in [-0.05, 0) is 31.5 Å². The summed E-state index contributed by atoms with van der Waals surface area (Å²) >= 11 is 6.09. The monoisotopic (exact) mass is 284 g/mol. The lowest BCUT2D eigenvalue weighted by Gasteiger charge is -2.29. The topological polar surface area (TPSA) is 35.5 Å². The fraction of sp³-hybridized carbons (Fsp3) is 0.600. The van der Waals surface area contributed by atoms with Gasteiger partial charge < -0.3 is 15.3 Å². The molecule has 0 saturated heterocycles. The van der Waals surface area contributed by atoms with Crippen LogP contribution in [-0.4, -0.2) is 30.3 Å². The Morgan fingerprint density at radius 1 is 1.37 bits per heavy atom. The molecule has 0 aliphatic rings. The lowest BCUT2D eigenvalue weighted by Crippen LogP contribution is -2.37. The van der Waals surface area contributed by atoms with Crippen molar-refractivity contribution in [3.8, 4) is 0 Å². The average molecular weight is 285 g/mol. The molecule has 0 fully saturated rings. The first-order valence-corrected chi connectivity index (χ1v) is 7.02. The summed E-state index contributed by atoms with van der Waals surface area (Å²) in [4.78, 5) is 2.04. The highest BCUT2D eigenvalue weighted by Crippen LogP contribution is 2.25. The van der Waals surface area contributed by atoms with Gasteiger partial charge in [0.05, 0.1) is 5.60 Å². The second kappa shape index (κ2) is 6.60. The molecule has 0 atom stereocenters. The van der Waals surface area contributed by atoms with Gasteiger partial charge in [0.2, 0.25) is 0 Å². The number of aliphatic hydroxyl groups is 1. The zero-order chi connectivity index (χ0) is 14.6. The number of anilines is 1. The van der Waals surface area contributed by atoms with Crippen LogP contribution in [0.4, 0.5) is 5.69 Å². The molecule has 0 spiro atoms. The van der Waals surface area contributed by atoms with Crippen LogP contribution in [0, 0.1) is 0 Å². The van der Waals surface area contributed by atoms with Crippen molar-refractivity contribution in [3.63, 3.8) is 0 Å². The van der Waals surface area contributed by atoms with E-state index in [1.54, 1.807) is 13.8 Å². The van der Waals surface area contributed by atoms with Crippen molar-refractivity contribution in [2.75, 3.05) is 18.5 Å². The first-order chi connectivity index (χ1) is 8.69. The van der Waals surface area contributed by atoms with Gasteiger partial charge in [0, 0.05) is 36.9 Å². The predicted molar refractivity (Wildman–Crippen MR) is 83.0 cm³/mol. The quantitative estimate of drug-likeness (QED) is 0.843. The van der Waals surface area contributed by atoms with Gasteiger partial charge in [-0.1, -0.05) is 31.5 Å². The Hall–Kier alpha value is -0.770. The third-order valence-electron chi connectivity index (χ3n) is 2.78. The van der Waals surface area contributed by atoms with E-state index in [4.69, 9.17) is 11.6 Å². The van der Waals surface area contributed by atoms with Crippen LogP contribution in [0.25, 0.3) is 0 Å². The molecule has 1 aromatic carbocycles. The van der Waals surface area contributed by atoms with Crippen LogP contribution in [-0.2, 0) is 6.54 Å². The number of hydrogen-bond acceptors (Lipinski definition) is 3. The maximum absolute atomic E-state index is 9.94. The number of halogens is 1. The second-order valence-corrected chi connectivity index (χ2v) is 6.41. The van der Waals surface area contributed by atoms with E-state index >= 15 is 0 Å². The van der Waals surface area contributed by atoms with Gasteiger partial charge >= 0.3 is 0 Å². The zero-order valence-corrected chi connectivity index (χ0v) is 13.3. The molecule has 0 aromatic heterocycles. The molecule has 0 heterocycles. The van der Waals surface area contributed by atoms with Crippen LogP contribution in [0.5, 0.6) is 0 Å². The molecule has 0 amide bonds. The SMILES string of the molecule is CC(C)NCc1ccc(Cl)cc1N(C)CC(C)(C)O. The lowest BCUT2D eigenvalue weighted by molar-refractivity contribution is 0.0886. The van der Waals surface area contributed by atoms with E-state index in [1.807, 2.05) is 30.1 Å². The highest BCUT2D eigenvalue weighted by atomic mass is 35.5. The largest absolute Gasteiger partial charge is 0.389 e. The summed E-state index contributed by atoms with van der Waals surface area (Å²) in [6.07, 6.45) is 0. The van der Waals surface area contributed by atoms with E-state index in [-0.39, 0.29) is 0 Å². The number of benzene rings is 1. The van der Waals surface area contributed by atoms with Crippen LogP contribution in [0.2, 0.25) is 5.02 Å².